The van der Waals surface area contributed by atoms with Gasteiger partial charge in [-0.3, -0.25) is 0 Å². The monoisotopic (exact) mass is 395 g/mol. The van der Waals surface area contributed by atoms with Gasteiger partial charge in [-0.2, -0.15) is 0 Å². The van der Waals surface area contributed by atoms with Crippen LogP contribution in [0.2, 0.25) is 0 Å². The van der Waals surface area contributed by atoms with Gasteiger partial charge in [0.05, 0.1) is 0 Å². The predicted molar refractivity (Wildman–Crippen MR) is 113 cm³/mol. The van der Waals surface area contributed by atoms with E-state index in [-0.39, 0.29) is 11.2 Å². The molecule has 2 N–H and O–H groups in total. The average molecular weight is 396 g/mol. The third-order valence-corrected chi connectivity index (χ3v) is 7.12. The van der Waals surface area contributed by atoms with E-state index in [9.17, 15) is 4.39 Å². The number of halogens is 1. The van der Waals surface area contributed by atoms with Crippen LogP contribution >= 0.6 is 0 Å². The van der Waals surface area contributed by atoms with Crippen LogP contribution in [0.5, 0.6) is 0 Å². The zero-order valence-electron chi connectivity index (χ0n) is 17.2. The van der Waals surface area contributed by atoms with Gasteiger partial charge in [0.2, 0.25) is 0 Å². The zero-order valence-corrected chi connectivity index (χ0v) is 17.2. The van der Waals surface area contributed by atoms with E-state index in [4.69, 9.17) is 10.7 Å². The van der Waals surface area contributed by atoms with Crippen molar-refractivity contribution in [3.8, 4) is 0 Å². The number of piperidine rings is 1. The Hall–Kier alpha value is -2.05. The van der Waals surface area contributed by atoms with Crippen molar-refractivity contribution in [2.45, 2.75) is 50.4 Å². The lowest BCUT2D eigenvalue weighted by Crippen LogP contribution is -2.48. The molecule has 0 amide bonds. The van der Waals surface area contributed by atoms with Crippen molar-refractivity contribution in [2.24, 2.45) is 5.73 Å². The number of aromatic nitrogens is 2. The Morgan fingerprint density at radius 1 is 1.28 bits per heavy atom. The fraction of sp³-hybridized carbons (Fsp3) is 0.565. The first-order valence-electron chi connectivity index (χ1n) is 10.9. The van der Waals surface area contributed by atoms with Crippen LogP contribution in [0.3, 0.4) is 0 Å². The van der Waals surface area contributed by atoms with Gasteiger partial charge in [-0.05, 0) is 81.4 Å². The molecule has 29 heavy (non-hydrogen) atoms. The Bertz CT molecular complexity index is 916. The van der Waals surface area contributed by atoms with Crippen molar-refractivity contribution in [2.75, 3.05) is 37.6 Å². The van der Waals surface area contributed by atoms with Crippen LogP contribution in [0.15, 0.2) is 24.5 Å². The van der Waals surface area contributed by atoms with Gasteiger partial charge in [-0.15, -0.1) is 0 Å². The molecular formula is C23H30FN5. The Balaban J connectivity index is 1.57. The van der Waals surface area contributed by atoms with Crippen LogP contribution in [-0.4, -0.2) is 47.6 Å². The highest BCUT2D eigenvalue weighted by molar-refractivity contribution is 5.73. The number of fused-ring (bicyclic) bond motifs is 3. The molecule has 3 aliphatic rings. The fourth-order valence-corrected chi connectivity index (χ4v) is 5.75. The number of hydrogen-bond donors (Lipinski definition) is 1. The summed E-state index contributed by atoms with van der Waals surface area (Å²) in [4.78, 5) is 14.2. The highest BCUT2D eigenvalue weighted by Gasteiger charge is 2.47. The van der Waals surface area contributed by atoms with Crippen molar-refractivity contribution in [1.29, 1.82) is 0 Å². The number of rotatable bonds is 4. The molecule has 0 radical (unpaired) electrons. The second kappa shape index (κ2) is 7.33. The van der Waals surface area contributed by atoms with Crippen LogP contribution in [0.1, 0.15) is 55.3 Å². The molecule has 1 aliphatic carbocycles. The number of nitrogens with zero attached hydrogens (tertiary/aromatic N) is 4. The van der Waals surface area contributed by atoms with E-state index in [2.05, 4.69) is 21.7 Å². The summed E-state index contributed by atoms with van der Waals surface area (Å²) in [6.45, 7) is 6.93. The first-order chi connectivity index (χ1) is 14.1. The van der Waals surface area contributed by atoms with E-state index in [1.807, 2.05) is 6.07 Å². The number of hydrogen-bond acceptors (Lipinski definition) is 5. The van der Waals surface area contributed by atoms with E-state index in [1.165, 1.54) is 11.3 Å². The van der Waals surface area contributed by atoms with Gasteiger partial charge in [0.1, 0.15) is 18.0 Å². The smallest absolute Gasteiger partial charge is 0.140 e. The molecule has 3 heterocycles. The van der Waals surface area contributed by atoms with Gasteiger partial charge in [-0.1, -0.05) is 6.92 Å². The van der Waals surface area contributed by atoms with Gasteiger partial charge in [0.15, 0.2) is 0 Å². The maximum absolute atomic E-state index is 14.3. The Morgan fingerprint density at radius 3 is 3.03 bits per heavy atom. The van der Waals surface area contributed by atoms with Gasteiger partial charge in [0.25, 0.3) is 0 Å². The third-order valence-electron chi connectivity index (χ3n) is 7.12. The second-order valence-corrected chi connectivity index (χ2v) is 9.05. The molecule has 5 nitrogen and oxygen atoms in total. The summed E-state index contributed by atoms with van der Waals surface area (Å²) in [5.41, 5.74) is 10.4. The molecule has 0 saturated carbocycles. The molecule has 2 atom stereocenters. The zero-order chi connectivity index (χ0) is 20.0. The summed E-state index contributed by atoms with van der Waals surface area (Å²) in [5, 5.41) is 0. The van der Waals surface area contributed by atoms with Gasteiger partial charge >= 0.3 is 0 Å². The van der Waals surface area contributed by atoms with Gasteiger partial charge in [0, 0.05) is 35.4 Å². The van der Waals surface area contributed by atoms with Gasteiger partial charge < -0.3 is 15.5 Å². The van der Waals surface area contributed by atoms with Crippen molar-refractivity contribution >= 4 is 11.5 Å². The molecule has 0 bridgehead atoms. The van der Waals surface area contributed by atoms with Crippen molar-refractivity contribution in [1.82, 2.24) is 14.9 Å². The fourth-order valence-electron chi connectivity index (χ4n) is 5.75. The minimum atomic E-state index is -0.148. The number of nitrogens with two attached hydrogens (primary N) is 1. The SMILES string of the molecule is CC1CCc2ncnc(N3CC4(CCCN(CCCN)C4)c4cc(F)ccc43)c21. The first kappa shape index (κ1) is 18.9. The summed E-state index contributed by atoms with van der Waals surface area (Å²) < 4.78 is 14.3. The summed E-state index contributed by atoms with van der Waals surface area (Å²) in [6, 6.07) is 5.31. The normalized spacial score (nSPS) is 26.2. The Kier molecular flexibility index (Phi) is 4.79. The summed E-state index contributed by atoms with van der Waals surface area (Å²) in [5.74, 6) is 1.35. The molecule has 1 saturated heterocycles. The van der Waals surface area contributed by atoms with E-state index >= 15 is 0 Å². The standard InChI is InChI=1S/C23H30FN5/c1-16-4-6-19-21(16)22(27-15-26-19)29-14-23(18-12-17(24)5-7-20(18)29)8-2-10-28(13-23)11-3-9-25/h5,7,12,15-16H,2-4,6,8-11,13-14,25H2,1H3. The lowest BCUT2D eigenvalue weighted by molar-refractivity contribution is 0.154. The molecule has 1 spiro atoms. The predicted octanol–water partition coefficient (Wildman–Crippen LogP) is 3.50. The average Bonchev–Trinajstić information content (AvgIpc) is 3.25. The van der Waals surface area contributed by atoms with Crippen LogP contribution in [0.25, 0.3) is 0 Å². The topological polar surface area (TPSA) is 58.3 Å². The molecule has 2 unspecified atom stereocenters. The molecule has 2 aliphatic heterocycles. The third kappa shape index (κ3) is 3.13. The number of anilines is 2. The summed E-state index contributed by atoms with van der Waals surface area (Å²) >= 11 is 0. The maximum Gasteiger partial charge on any atom is 0.140 e. The summed E-state index contributed by atoms with van der Waals surface area (Å²) in [6.07, 6.45) is 7.08. The quantitative estimate of drug-likeness (QED) is 0.859. The molecular weight excluding hydrogens is 365 g/mol. The lowest BCUT2D eigenvalue weighted by atomic mass is 9.75. The van der Waals surface area contributed by atoms with Crippen LogP contribution in [0.4, 0.5) is 15.9 Å². The number of aryl methyl sites for hydroxylation is 1. The first-order valence-corrected chi connectivity index (χ1v) is 10.9. The largest absolute Gasteiger partial charge is 0.330 e. The van der Waals surface area contributed by atoms with Crippen molar-refractivity contribution in [3.63, 3.8) is 0 Å². The van der Waals surface area contributed by atoms with E-state index in [0.717, 1.165) is 75.4 Å². The maximum atomic E-state index is 14.3. The second-order valence-electron chi connectivity index (χ2n) is 9.05. The summed E-state index contributed by atoms with van der Waals surface area (Å²) in [7, 11) is 0. The highest BCUT2D eigenvalue weighted by Crippen LogP contribution is 2.50. The molecule has 1 aromatic carbocycles. The van der Waals surface area contributed by atoms with Crippen LogP contribution in [-0.2, 0) is 11.8 Å². The number of likely N-dealkylation sites (tertiary alicyclic amines) is 1. The van der Waals surface area contributed by atoms with Crippen LogP contribution in [0, 0.1) is 5.82 Å². The lowest BCUT2D eigenvalue weighted by Gasteiger charge is -2.41. The molecule has 5 rings (SSSR count). The Labute approximate surface area is 172 Å². The molecule has 1 fully saturated rings. The minimum absolute atomic E-state index is 0.0516. The van der Waals surface area contributed by atoms with Crippen LogP contribution < -0.4 is 10.6 Å². The Morgan fingerprint density at radius 2 is 2.17 bits per heavy atom. The molecule has 6 heteroatoms. The highest BCUT2D eigenvalue weighted by atomic mass is 19.1. The van der Waals surface area contributed by atoms with E-state index in [0.29, 0.717) is 12.5 Å². The van der Waals surface area contributed by atoms with E-state index < -0.39 is 0 Å². The minimum Gasteiger partial charge on any atom is -0.330 e. The van der Waals surface area contributed by atoms with Gasteiger partial charge in [-0.25, -0.2) is 14.4 Å². The molecule has 1 aromatic heterocycles. The number of benzene rings is 1. The van der Waals surface area contributed by atoms with Crippen molar-refractivity contribution < 1.29 is 4.39 Å². The molecule has 154 valence electrons. The molecule has 2 aromatic rings. The van der Waals surface area contributed by atoms with E-state index in [1.54, 1.807) is 18.5 Å². The van der Waals surface area contributed by atoms with Crippen molar-refractivity contribution in [3.05, 3.63) is 47.2 Å².